The number of ether oxygens (including phenoxy) is 4. The highest BCUT2D eigenvalue weighted by molar-refractivity contribution is 6.32. The topological polar surface area (TPSA) is 100 Å². The van der Waals surface area contributed by atoms with Crippen LogP contribution in [0.3, 0.4) is 0 Å². The summed E-state index contributed by atoms with van der Waals surface area (Å²) in [5, 5.41) is 3.38. The highest BCUT2D eigenvalue weighted by atomic mass is 35.5. The second-order valence-electron chi connectivity index (χ2n) is 6.52. The highest BCUT2D eigenvalue weighted by Gasteiger charge is 2.42. The van der Waals surface area contributed by atoms with E-state index in [4.69, 9.17) is 30.5 Å². The fourth-order valence-corrected chi connectivity index (χ4v) is 3.32. The smallest absolute Gasteiger partial charge is 0.337 e. The first-order chi connectivity index (χ1) is 14.8. The maximum atomic E-state index is 13.0. The van der Waals surface area contributed by atoms with E-state index in [1.54, 1.807) is 52.0 Å². The Kier molecular flexibility index (Phi) is 8.93. The van der Waals surface area contributed by atoms with Crippen LogP contribution in [0.2, 0.25) is 5.02 Å². The van der Waals surface area contributed by atoms with Crippen LogP contribution in [0.5, 0.6) is 5.75 Å². The summed E-state index contributed by atoms with van der Waals surface area (Å²) in [5.41, 5.74) is 0.816. The minimum atomic E-state index is -1.28. The van der Waals surface area contributed by atoms with Crippen molar-refractivity contribution in [3.05, 3.63) is 51.8 Å². The maximum Gasteiger partial charge on any atom is 0.337 e. The van der Waals surface area contributed by atoms with Crippen LogP contribution in [-0.2, 0) is 28.6 Å². The number of esters is 3. The van der Waals surface area contributed by atoms with Gasteiger partial charge in [0.15, 0.2) is 0 Å². The lowest BCUT2D eigenvalue weighted by Crippen LogP contribution is -2.38. The molecule has 0 saturated carbocycles. The SMILES string of the molecule is CCOC(=O)C1=C(C)NC(C)=C(C(=O)OCC)C1C(=O)OCCOc1ccccc1Cl. The molecule has 0 amide bonds. The van der Waals surface area contributed by atoms with Crippen molar-refractivity contribution in [2.24, 2.45) is 5.92 Å². The van der Waals surface area contributed by atoms with E-state index in [-0.39, 0.29) is 37.6 Å². The Morgan fingerprint density at radius 3 is 1.97 bits per heavy atom. The van der Waals surface area contributed by atoms with Crippen LogP contribution in [-0.4, -0.2) is 44.3 Å². The molecule has 0 bridgehead atoms. The first-order valence-electron chi connectivity index (χ1n) is 9.88. The average Bonchev–Trinajstić information content (AvgIpc) is 2.71. The fraction of sp³-hybridized carbons (Fsp3) is 0.409. The summed E-state index contributed by atoms with van der Waals surface area (Å²) in [6, 6.07) is 6.90. The van der Waals surface area contributed by atoms with Gasteiger partial charge in [-0.15, -0.1) is 0 Å². The minimum absolute atomic E-state index is 0.00697. The Labute approximate surface area is 186 Å². The fourth-order valence-electron chi connectivity index (χ4n) is 3.13. The van der Waals surface area contributed by atoms with Gasteiger partial charge in [-0.1, -0.05) is 23.7 Å². The average molecular weight is 452 g/mol. The van der Waals surface area contributed by atoms with E-state index in [1.807, 2.05) is 0 Å². The zero-order valence-electron chi connectivity index (χ0n) is 18.0. The molecule has 1 heterocycles. The van der Waals surface area contributed by atoms with Gasteiger partial charge >= 0.3 is 17.9 Å². The van der Waals surface area contributed by atoms with Gasteiger partial charge in [-0.25, -0.2) is 9.59 Å². The molecule has 168 valence electrons. The van der Waals surface area contributed by atoms with Crippen molar-refractivity contribution in [1.82, 2.24) is 5.32 Å². The predicted octanol–water partition coefficient (Wildman–Crippen LogP) is 3.16. The Bertz CT molecular complexity index is 867. The molecule has 0 spiro atoms. The number of carbonyl (C=O) groups is 3. The quantitative estimate of drug-likeness (QED) is 0.347. The third-order valence-corrected chi connectivity index (χ3v) is 4.72. The van der Waals surface area contributed by atoms with E-state index in [2.05, 4.69) is 5.32 Å². The number of rotatable bonds is 9. The van der Waals surface area contributed by atoms with Gasteiger partial charge < -0.3 is 24.3 Å². The van der Waals surface area contributed by atoms with Crippen molar-refractivity contribution in [2.45, 2.75) is 27.7 Å². The first kappa shape index (κ1) is 24.3. The third kappa shape index (κ3) is 6.01. The Hall–Kier alpha value is -3.00. The Balaban J connectivity index is 2.21. The summed E-state index contributed by atoms with van der Waals surface area (Å²) in [7, 11) is 0. The molecular weight excluding hydrogens is 426 g/mol. The Morgan fingerprint density at radius 2 is 1.45 bits per heavy atom. The maximum absolute atomic E-state index is 13.0. The molecule has 0 radical (unpaired) electrons. The largest absolute Gasteiger partial charge is 0.488 e. The summed E-state index contributed by atoms with van der Waals surface area (Å²) >= 11 is 6.03. The molecule has 31 heavy (non-hydrogen) atoms. The lowest BCUT2D eigenvalue weighted by atomic mass is 9.85. The van der Waals surface area contributed by atoms with E-state index in [9.17, 15) is 14.4 Å². The van der Waals surface area contributed by atoms with Crippen LogP contribution >= 0.6 is 11.6 Å². The van der Waals surface area contributed by atoms with E-state index >= 15 is 0 Å². The van der Waals surface area contributed by atoms with Gasteiger partial charge in [-0.2, -0.15) is 0 Å². The summed E-state index contributed by atoms with van der Waals surface area (Å²) in [4.78, 5) is 38.1. The number of benzene rings is 1. The molecule has 1 aromatic rings. The second-order valence-corrected chi connectivity index (χ2v) is 6.93. The molecule has 0 aromatic heterocycles. The van der Waals surface area contributed by atoms with Crippen LogP contribution in [0.25, 0.3) is 0 Å². The second kappa shape index (κ2) is 11.4. The first-order valence-corrected chi connectivity index (χ1v) is 10.3. The number of nitrogens with one attached hydrogen (secondary N) is 1. The zero-order chi connectivity index (χ0) is 23.0. The van der Waals surface area contributed by atoms with Crippen LogP contribution in [0, 0.1) is 5.92 Å². The molecule has 0 saturated heterocycles. The minimum Gasteiger partial charge on any atom is -0.488 e. The van der Waals surface area contributed by atoms with E-state index in [0.29, 0.717) is 22.2 Å². The number of hydrogen-bond acceptors (Lipinski definition) is 8. The molecule has 1 aromatic carbocycles. The predicted molar refractivity (Wildman–Crippen MR) is 113 cm³/mol. The van der Waals surface area contributed by atoms with E-state index in [1.165, 1.54) is 0 Å². The number of hydrogen-bond donors (Lipinski definition) is 1. The molecule has 9 heteroatoms. The molecule has 0 unspecified atom stereocenters. The number of carbonyl (C=O) groups excluding carboxylic acids is 3. The number of halogens is 1. The van der Waals surface area contributed by atoms with E-state index in [0.717, 1.165) is 0 Å². The van der Waals surface area contributed by atoms with Gasteiger partial charge in [0.2, 0.25) is 0 Å². The number of para-hydroxylation sites is 1. The molecule has 2 rings (SSSR count). The van der Waals surface area contributed by atoms with Crippen molar-refractivity contribution >= 4 is 29.5 Å². The van der Waals surface area contributed by atoms with Gasteiger partial charge in [0.1, 0.15) is 24.9 Å². The lowest BCUT2D eigenvalue weighted by Gasteiger charge is -2.28. The van der Waals surface area contributed by atoms with Crippen molar-refractivity contribution in [3.63, 3.8) is 0 Å². The van der Waals surface area contributed by atoms with Crippen LogP contribution in [0.4, 0.5) is 0 Å². The van der Waals surface area contributed by atoms with Crippen LogP contribution in [0.1, 0.15) is 27.7 Å². The van der Waals surface area contributed by atoms with E-state index < -0.39 is 23.8 Å². The van der Waals surface area contributed by atoms with Gasteiger partial charge in [-0.05, 0) is 39.8 Å². The van der Waals surface area contributed by atoms with Gasteiger partial charge in [0.25, 0.3) is 0 Å². The van der Waals surface area contributed by atoms with Gasteiger partial charge in [0.05, 0.1) is 29.4 Å². The molecule has 8 nitrogen and oxygen atoms in total. The van der Waals surface area contributed by atoms with Gasteiger partial charge in [-0.3, -0.25) is 4.79 Å². The van der Waals surface area contributed by atoms with Gasteiger partial charge in [0, 0.05) is 11.4 Å². The molecular formula is C22H26ClNO7. The highest BCUT2D eigenvalue weighted by Crippen LogP contribution is 2.32. The summed E-state index contributed by atoms with van der Waals surface area (Å²) in [5.74, 6) is -3.03. The summed E-state index contributed by atoms with van der Waals surface area (Å²) < 4.78 is 21.0. The zero-order valence-corrected chi connectivity index (χ0v) is 18.7. The lowest BCUT2D eigenvalue weighted by molar-refractivity contribution is -0.152. The molecule has 1 N–H and O–H groups in total. The summed E-state index contributed by atoms with van der Waals surface area (Å²) in [6.07, 6.45) is 0. The molecule has 0 fully saturated rings. The summed E-state index contributed by atoms with van der Waals surface area (Å²) in [6.45, 7) is 6.69. The van der Waals surface area contributed by atoms with Crippen LogP contribution < -0.4 is 10.1 Å². The normalized spacial score (nSPS) is 14.1. The standard InChI is InChI=1S/C22H26ClNO7/c1-5-28-20(25)17-13(3)24-14(4)18(21(26)29-6-2)19(17)22(27)31-12-11-30-16-10-8-7-9-15(16)23/h7-10,19,24H,5-6,11-12H2,1-4H3. The molecule has 0 atom stereocenters. The van der Waals surface area contributed by atoms with Crippen molar-refractivity contribution in [1.29, 1.82) is 0 Å². The number of allylic oxidation sites excluding steroid dienone is 2. The van der Waals surface area contributed by atoms with Crippen molar-refractivity contribution in [2.75, 3.05) is 26.4 Å². The van der Waals surface area contributed by atoms with Crippen LogP contribution in [0.15, 0.2) is 46.8 Å². The Morgan fingerprint density at radius 1 is 0.903 bits per heavy atom. The molecule has 1 aliphatic rings. The van der Waals surface area contributed by atoms with Crippen molar-refractivity contribution in [3.8, 4) is 5.75 Å². The molecule has 0 aliphatic carbocycles. The monoisotopic (exact) mass is 451 g/mol. The third-order valence-electron chi connectivity index (χ3n) is 4.41. The van der Waals surface area contributed by atoms with Crippen molar-refractivity contribution < 1.29 is 33.3 Å². The molecule has 1 aliphatic heterocycles. The number of dihydropyridines is 1.